The maximum Gasteiger partial charge on any atom is 0.416 e. The summed E-state index contributed by atoms with van der Waals surface area (Å²) in [5.41, 5.74) is 7.10. The highest BCUT2D eigenvalue weighted by molar-refractivity contribution is 5.87. The van der Waals surface area contributed by atoms with Gasteiger partial charge >= 0.3 is 6.09 Å². The van der Waals surface area contributed by atoms with Crippen molar-refractivity contribution >= 4 is 23.4 Å². The molecule has 2 N–H and O–H groups in total. The van der Waals surface area contributed by atoms with Crippen LogP contribution in [0.15, 0.2) is 36.5 Å². The van der Waals surface area contributed by atoms with Gasteiger partial charge in [0.1, 0.15) is 23.1 Å². The van der Waals surface area contributed by atoms with Crippen molar-refractivity contribution in [3.63, 3.8) is 0 Å². The van der Waals surface area contributed by atoms with Crippen LogP contribution in [0.3, 0.4) is 0 Å². The first-order chi connectivity index (χ1) is 13.6. The Morgan fingerprint density at radius 1 is 1.31 bits per heavy atom. The molecule has 2 aromatic heterocycles. The summed E-state index contributed by atoms with van der Waals surface area (Å²) in [6, 6.07) is 7.82. The number of amides is 1. The number of benzene rings is 1. The summed E-state index contributed by atoms with van der Waals surface area (Å²) < 4.78 is 21.4. The van der Waals surface area contributed by atoms with Crippen molar-refractivity contribution in [3.05, 3.63) is 53.5 Å². The third kappa shape index (κ3) is 4.47. The Morgan fingerprint density at radius 3 is 2.62 bits per heavy atom. The molecule has 0 aliphatic rings. The zero-order valence-corrected chi connectivity index (χ0v) is 17.3. The second kappa shape index (κ2) is 7.69. The lowest BCUT2D eigenvalue weighted by Gasteiger charge is -2.28. The lowest BCUT2D eigenvalue weighted by molar-refractivity contribution is 0.0575. The molecule has 0 aliphatic carbocycles. The number of nitrogens with zero attached hydrogens (tertiary/aromatic N) is 4. The third-order valence-electron chi connectivity index (χ3n) is 4.30. The average molecular weight is 399 g/mol. The third-order valence-corrected chi connectivity index (χ3v) is 4.30. The highest BCUT2D eigenvalue weighted by atomic mass is 19.1. The second-order valence-electron chi connectivity index (χ2n) is 8.19. The lowest BCUT2D eigenvalue weighted by atomic mass is 10.1. The zero-order valence-electron chi connectivity index (χ0n) is 17.3. The van der Waals surface area contributed by atoms with Gasteiger partial charge in [-0.05, 0) is 32.8 Å². The van der Waals surface area contributed by atoms with Gasteiger partial charge in [0.2, 0.25) is 0 Å². The number of hydrogen-bond acceptors (Lipinski definition) is 5. The van der Waals surface area contributed by atoms with E-state index in [1.165, 1.54) is 21.5 Å². The van der Waals surface area contributed by atoms with Crippen LogP contribution in [-0.2, 0) is 11.3 Å². The predicted octanol–water partition coefficient (Wildman–Crippen LogP) is 4.52. The highest BCUT2D eigenvalue weighted by Gasteiger charge is 2.27. The van der Waals surface area contributed by atoms with E-state index in [4.69, 9.17) is 10.5 Å². The fourth-order valence-corrected chi connectivity index (χ4v) is 2.93. The van der Waals surface area contributed by atoms with Gasteiger partial charge in [-0.3, -0.25) is 4.90 Å². The number of halogens is 1. The van der Waals surface area contributed by atoms with Crippen molar-refractivity contribution in [1.29, 1.82) is 0 Å². The molecule has 0 bridgehead atoms. The molecule has 0 fully saturated rings. The number of nitrogens with two attached hydrogens (primary N) is 1. The number of ether oxygens (including phenoxy) is 1. The largest absolute Gasteiger partial charge is 0.443 e. The molecular weight excluding hydrogens is 373 g/mol. The second-order valence-corrected chi connectivity index (χ2v) is 8.19. The van der Waals surface area contributed by atoms with Gasteiger partial charge in [-0.1, -0.05) is 32.0 Å². The van der Waals surface area contributed by atoms with Crippen LogP contribution in [0.2, 0.25) is 0 Å². The summed E-state index contributed by atoms with van der Waals surface area (Å²) in [6.07, 6.45) is 1.07. The molecule has 3 aromatic rings. The maximum absolute atomic E-state index is 14.3. The molecule has 0 saturated carbocycles. The molecule has 0 unspecified atom stereocenters. The van der Waals surface area contributed by atoms with Crippen molar-refractivity contribution in [2.75, 3.05) is 10.6 Å². The maximum atomic E-state index is 14.3. The minimum absolute atomic E-state index is 0.0446. The van der Waals surface area contributed by atoms with Gasteiger partial charge in [0.25, 0.3) is 0 Å². The van der Waals surface area contributed by atoms with E-state index in [-0.39, 0.29) is 18.3 Å². The molecule has 8 heteroatoms. The van der Waals surface area contributed by atoms with Crippen LogP contribution in [0, 0.1) is 5.82 Å². The molecule has 2 heterocycles. The molecule has 0 radical (unpaired) electrons. The van der Waals surface area contributed by atoms with Gasteiger partial charge in [0, 0.05) is 17.2 Å². The van der Waals surface area contributed by atoms with E-state index in [0.29, 0.717) is 17.0 Å². The summed E-state index contributed by atoms with van der Waals surface area (Å²) in [5, 5.41) is 4.40. The SMILES string of the molecule is CC(C)c1cnn2c(N(Cc3ccccc3F)C(=O)OC(C)(C)C)cc(N)nc12. The number of carbonyl (C=O) groups excluding carboxylic acids is 1. The summed E-state index contributed by atoms with van der Waals surface area (Å²) in [7, 11) is 0. The molecule has 0 spiro atoms. The number of nitrogen functional groups attached to an aromatic ring is 1. The van der Waals surface area contributed by atoms with Gasteiger partial charge < -0.3 is 10.5 Å². The highest BCUT2D eigenvalue weighted by Crippen LogP contribution is 2.27. The van der Waals surface area contributed by atoms with Gasteiger partial charge in [-0.25, -0.2) is 14.2 Å². The fourth-order valence-electron chi connectivity index (χ4n) is 2.93. The number of fused-ring (bicyclic) bond motifs is 1. The first-order valence-corrected chi connectivity index (χ1v) is 9.45. The summed E-state index contributed by atoms with van der Waals surface area (Å²) in [6.45, 7) is 9.31. The number of carbonyl (C=O) groups is 1. The van der Waals surface area contributed by atoms with E-state index in [2.05, 4.69) is 10.1 Å². The van der Waals surface area contributed by atoms with E-state index in [0.717, 1.165) is 5.56 Å². The molecule has 1 aromatic carbocycles. The Morgan fingerprint density at radius 2 is 2.00 bits per heavy atom. The molecule has 0 saturated heterocycles. The fraction of sp³-hybridized carbons (Fsp3) is 0.381. The van der Waals surface area contributed by atoms with Crippen LogP contribution in [0.4, 0.5) is 20.8 Å². The van der Waals surface area contributed by atoms with Crippen LogP contribution in [0.25, 0.3) is 5.65 Å². The Bertz CT molecular complexity index is 1040. The molecule has 3 rings (SSSR count). The van der Waals surface area contributed by atoms with Gasteiger partial charge in [0.15, 0.2) is 5.65 Å². The van der Waals surface area contributed by atoms with Crippen molar-refractivity contribution in [3.8, 4) is 0 Å². The van der Waals surface area contributed by atoms with Gasteiger partial charge in [-0.15, -0.1) is 0 Å². The van der Waals surface area contributed by atoms with E-state index in [9.17, 15) is 9.18 Å². The number of anilines is 2. The summed E-state index contributed by atoms with van der Waals surface area (Å²) in [4.78, 5) is 18.8. The predicted molar refractivity (Wildman–Crippen MR) is 110 cm³/mol. The topological polar surface area (TPSA) is 85.8 Å². The first-order valence-electron chi connectivity index (χ1n) is 9.45. The Balaban J connectivity index is 2.15. The van der Waals surface area contributed by atoms with Crippen LogP contribution < -0.4 is 10.6 Å². The van der Waals surface area contributed by atoms with Crippen LogP contribution in [-0.4, -0.2) is 26.3 Å². The number of aromatic nitrogens is 3. The molecule has 29 heavy (non-hydrogen) atoms. The van der Waals surface area contributed by atoms with E-state index in [1.807, 2.05) is 13.8 Å². The first kappa shape index (κ1) is 20.6. The smallest absolute Gasteiger partial charge is 0.416 e. The quantitative estimate of drug-likeness (QED) is 0.697. The van der Waals surface area contributed by atoms with Crippen molar-refractivity contribution in [2.45, 2.75) is 52.7 Å². The molecule has 1 amide bonds. The summed E-state index contributed by atoms with van der Waals surface area (Å²) in [5.74, 6) is 0.341. The Kier molecular flexibility index (Phi) is 5.46. The van der Waals surface area contributed by atoms with Crippen LogP contribution in [0.5, 0.6) is 0 Å². The molecule has 154 valence electrons. The van der Waals surface area contributed by atoms with Crippen molar-refractivity contribution < 1.29 is 13.9 Å². The standard InChI is InChI=1S/C21H26FN5O2/c1-13(2)15-11-24-27-18(10-17(23)25-19(15)27)26(20(28)29-21(3,4)5)12-14-8-6-7-9-16(14)22/h6-11,13H,12H2,1-5H3,(H2,23,25). The van der Waals surface area contributed by atoms with Crippen LogP contribution >= 0.6 is 0 Å². The van der Waals surface area contributed by atoms with E-state index >= 15 is 0 Å². The zero-order chi connectivity index (χ0) is 21.3. The molecule has 0 aliphatic heterocycles. The molecule has 7 nitrogen and oxygen atoms in total. The normalized spacial score (nSPS) is 11.8. The Labute approximate surface area is 169 Å². The summed E-state index contributed by atoms with van der Waals surface area (Å²) >= 11 is 0. The van der Waals surface area contributed by atoms with Gasteiger partial charge in [0.05, 0.1) is 12.7 Å². The minimum atomic E-state index is -0.727. The molecular formula is C21H26FN5O2. The van der Waals surface area contributed by atoms with E-state index < -0.39 is 17.5 Å². The minimum Gasteiger partial charge on any atom is -0.443 e. The van der Waals surface area contributed by atoms with Crippen molar-refractivity contribution in [1.82, 2.24) is 14.6 Å². The molecule has 0 atom stereocenters. The van der Waals surface area contributed by atoms with Crippen molar-refractivity contribution in [2.24, 2.45) is 0 Å². The number of rotatable bonds is 4. The number of hydrogen-bond donors (Lipinski definition) is 1. The monoisotopic (exact) mass is 399 g/mol. The lowest BCUT2D eigenvalue weighted by Crippen LogP contribution is -2.38. The van der Waals surface area contributed by atoms with Crippen LogP contribution in [0.1, 0.15) is 51.7 Å². The average Bonchev–Trinajstić information content (AvgIpc) is 3.02. The van der Waals surface area contributed by atoms with E-state index in [1.54, 1.807) is 45.2 Å². The Hall–Kier alpha value is -3.16. The van der Waals surface area contributed by atoms with Gasteiger partial charge in [-0.2, -0.15) is 9.61 Å².